The second-order valence-corrected chi connectivity index (χ2v) is 8.54. The minimum absolute atomic E-state index is 0.186. The zero-order chi connectivity index (χ0) is 18.8. The largest absolute Gasteiger partial charge is 0.596 e. The van der Waals surface area contributed by atoms with Crippen LogP contribution in [0.3, 0.4) is 0 Å². The summed E-state index contributed by atoms with van der Waals surface area (Å²) in [6.07, 6.45) is 0. The number of hydrogen-bond donors (Lipinski definition) is 2. The normalized spacial score (nSPS) is 12.1. The Hall–Kier alpha value is -1.62. The van der Waals surface area contributed by atoms with E-state index in [1.54, 1.807) is 64.1 Å². The Bertz CT molecular complexity index is 775. The van der Waals surface area contributed by atoms with Gasteiger partial charge in [0, 0.05) is 0 Å². The van der Waals surface area contributed by atoms with E-state index in [4.69, 9.17) is 18.8 Å². The van der Waals surface area contributed by atoms with Crippen molar-refractivity contribution in [2.75, 3.05) is 0 Å². The van der Waals surface area contributed by atoms with E-state index in [9.17, 15) is 9.13 Å². The average Bonchev–Trinajstić information content (AvgIpc) is 2.46. The van der Waals surface area contributed by atoms with Gasteiger partial charge in [0.2, 0.25) is 0 Å². The lowest BCUT2D eigenvalue weighted by Gasteiger charge is -2.22. The molecule has 7 nitrogen and oxygen atoms in total. The molecular weight excluding hydrogens is 366 g/mol. The molecule has 0 fully saturated rings. The summed E-state index contributed by atoms with van der Waals surface area (Å²) >= 11 is 0. The van der Waals surface area contributed by atoms with Crippen LogP contribution < -0.4 is 9.05 Å². The number of para-hydroxylation sites is 2. The molecule has 0 unspecified atom stereocenters. The molecule has 25 heavy (non-hydrogen) atoms. The van der Waals surface area contributed by atoms with E-state index in [-0.39, 0.29) is 11.5 Å². The molecule has 136 valence electrons. The Morgan fingerprint density at radius 3 is 1.32 bits per heavy atom. The zero-order valence-electron chi connectivity index (χ0n) is 14.3. The summed E-state index contributed by atoms with van der Waals surface area (Å²) in [4.78, 5) is 18.3. The molecular formula is C16H20O7P2. The van der Waals surface area contributed by atoms with Crippen molar-refractivity contribution in [1.82, 2.24) is 0 Å². The van der Waals surface area contributed by atoms with Gasteiger partial charge < -0.3 is 18.8 Å². The van der Waals surface area contributed by atoms with Crippen molar-refractivity contribution in [3.05, 3.63) is 58.7 Å². The Kier molecular flexibility index (Phi) is 5.77. The van der Waals surface area contributed by atoms with Gasteiger partial charge in [0.15, 0.2) is 0 Å². The molecule has 0 aliphatic rings. The van der Waals surface area contributed by atoms with Gasteiger partial charge in [0.05, 0.1) is 0 Å². The van der Waals surface area contributed by atoms with Crippen molar-refractivity contribution in [3.63, 3.8) is 0 Å². The van der Waals surface area contributed by atoms with Gasteiger partial charge in [-0.15, -0.1) is 0 Å². The third-order valence-corrected chi connectivity index (χ3v) is 5.89. The van der Waals surface area contributed by atoms with Crippen LogP contribution in [-0.4, -0.2) is 9.79 Å². The van der Waals surface area contributed by atoms with Crippen LogP contribution >= 0.6 is 15.6 Å². The van der Waals surface area contributed by atoms with Gasteiger partial charge in [0.1, 0.15) is 11.5 Å². The predicted molar refractivity (Wildman–Crippen MR) is 93.8 cm³/mol. The smallest absolute Gasteiger partial charge is 0.394 e. The first-order chi connectivity index (χ1) is 11.5. The first-order valence-corrected chi connectivity index (χ1v) is 10.4. The molecule has 2 aromatic rings. The number of aryl methyl sites for hydroxylation is 4. The van der Waals surface area contributed by atoms with Gasteiger partial charge in [-0.3, -0.25) is 0 Å². The van der Waals surface area contributed by atoms with E-state index in [1.165, 1.54) is 0 Å². The molecule has 0 aliphatic heterocycles. The van der Waals surface area contributed by atoms with Crippen molar-refractivity contribution in [2.45, 2.75) is 27.7 Å². The molecule has 0 aromatic heterocycles. The van der Waals surface area contributed by atoms with Gasteiger partial charge in [-0.05, 0) is 49.9 Å². The van der Waals surface area contributed by atoms with E-state index in [1.807, 2.05) is 0 Å². The summed E-state index contributed by atoms with van der Waals surface area (Å²) in [6.45, 7) is 6.85. The highest BCUT2D eigenvalue weighted by molar-refractivity contribution is 7.61. The second-order valence-electron chi connectivity index (χ2n) is 5.64. The minimum Gasteiger partial charge on any atom is -0.394 e. The molecule has 0 atom stereocenters. The summed E-state index contributed by atoms with van der Waals surface area (Å²) in [5, 5.41) is 0. The molecule has 0 saturated heterocycles. The maximum Gasteiger partial charge on any atom is 0.596 e. The highest BCUT2D eigenvalue weighted by atomic mass is 31.3. The van der Waals surface area contributed by atoms with Crippen LogP contribution in [0.25, 0.3) is 0 Å². The molecule has 2 aromatic carbocycles. The van der Waals surface area contributed by atoms with Crippen LogP contribution in [0.15, 0.2) is 36.4 Å². The van der Waals surface area contributed by atoms with Gasteiger partial charge in [0.25, 0.3) is 0 Å². The first kappa shape index (κ1) is 19.7. The quantitative estimate of drug-likeness (QED) is 0.700. The third-order valence-electron chi connectivity index (χ3n) is 3.43. The fourth-order valence-corrected chi connectivity index (χ4v) is 4.66. The third kappa shape index (κ3) is 5.18. The lowest BCUT2D eigenvalue weighted by molar-refractivity contribution is 0.232. The maximum absolute atomic E-state index is 13.0. The summed E-state index contributed by atoms with van der Waals surface area (Å²) in [5.41, 5.74) is 2.50. The molecule has 0 amide bonds. The van der Waals surface area contributed by atoms with E-state index in [0.717, 1.165) is 0 Å². The van der Waals surface area contributed by atoms with Crippen LogP contribution in [0, 0.1) is 27.7 Å². The topological polar surface area (TPSA) is 102 Å². The van der Waals surface area contributed by atoms with Crippen molar-refractivity contribution in [1.29, 1.82) is 0 Å². The minimum atomic E-state index is -5.13. The Morgan fingerprint density at radius 2 is 1.04 bits per heavy atom. The fraction of sp³-hybridized carbons (Fsp3) is 0.250. The summed E-state index contributed by atoms with van der Waals surface area (Å²) in [5.74, 6) is 0.371. The Balaban J connectivity index is 2.48. The average molecular weight is 386 g/mol. The Morgan fingerprint density at radius 1 is 0.720 bits per heavy atom. The number of rotatable bonds is 6. The molecule has 0 bridgehead atoms. The van der Waals surface area contributed by atoms with Gasteiger partial charge in [-0.1, -0.05) is 36.4 Å². The first-order valence-electron chi connectivity index (χ1n) is 7.39. The lowest BCUT2D eigenvalue weighted by Crippen LogP contribution is -2.07. The predicted octanol–water partition coefficient (Wildman–Crippen LogP) is 4.60. The number of benzene rings is 2. The van der Waals surface area contributed by atoms with E-state index in [0.29, 0.717) is 22.3 Å². The summed E-state index contributed by atoms with van der Waals surface area (Å²) in [6, 6.07) is 10.4. The van der Waals surface area contributed by atoms with E-state index >= 15 is 0 Å². The Labute approximate surface area is 146 Å². The lowest BCUT2D eigenvalue weighted by atomic mass is 10.1. The standard InChI is InChI=1S/C16H20O7P2/c1-11-7-5-8-12(2)15(11)21-25(20,23-24(17,18)19)22-16-13(3)9-6-10-14(16)4/h5-10H,1-4H3,(H2,17,18,19). The molecule has 0 saturated carbocycles. The van der Waals surface area contributed by atoms with Crippen molar-refractivity contribution >= 4 is 15.6 Å². The highest BCUT2D eigenvalue weighted by Crippen LogP contribution is 2.61. The zero-order valence-corrected chi connectivity index (χ0v) is 16.1. The van der Waals surface area contributed by atoms with Crippen LogP contribution in [0.1, 0.15) is 22.3 Å². The maximum atomic E-state index is 13.0. The fourth-order valence-electron chi connectivity index (χ4n) is 2.29. The monoisotopic (exact) mass is 386 g/mol. The SMILES string of the molecule is Cc1cccc(C)c1OP(=O)(Oc1c(C)cccc1C)OP(=O)(O)O. The number of phosphoric acid groups is 2. The summed E-state index contributed by atoms with van der Waals surface area (Å²) < 4.78 is 39.5. The van der Waals surface area contributed by atoms with Crippen molar-refractivity contribution in [2.24, 2.45) is 0 Å². The molecule has 0 spiro atoms. The second kappa shape index (κ2) is 7.32. The van der Waals surface area contributed by atoms with Crippen LogP contribution in [0.4, 0.5) is 0 Å². The summed E-state index contributed by atoms with van der Waals surface area (Å²) in [7, 11) is -9.79. The van der Waals surface area contributed by atoms with Gasteiger partial charge in [-0.2, -0.15) is 4.31 Å². The highest BCUT2D eigenvalue weighted by Gasteiger charge is 2.40. The van der Waals surface area contributed by atoms with Crippen LogP contribution in [0.5, 0.6) is 11.5 Å². The number of hydrogen-bond acceptors (Lipinski definition) is 5. The molecule has 0 radical (unpaired) electrons. The van der Waals surface area contributed by atoms with E-state index in [2.05, 4.69) is 4.31 Å². The molecule has 2 rings (SSSR count). The van der Waals surface area contributed by atoms with Crippen LogP contribution in [0.2, 0.25) is 0 Å². The molecule has 0 aliphatic carbocycles. The molecule has 9 heteroatoms. The van der Waals surface area contributed by atoms with Gasteiger partial charge >= 0.3 is 15.6 Å². The van der Waals surface area contributed by atoms with Crippen LogP contribution in [-0.2, 0) is 13.4 Å². The van der Waals surface area contributed by atoms with Crippen molar-refractivity contribution in [3.8, 4) is 11.5 Å². The molecule has 0 heterocycles. The molecule has 2 N–H and O–H groups in total. The van der Waals surface area contributed by atoms with E-state index < -0.39 is 15.6 Å². The number of phosphoric ester groups is 1. The van der Waals surface area contributed by atoms with Gasteiger partial charge in [-0.25, -0.2) is 9.13 Å². The van der Waals surface area contributed by atoms with Crippen molar-refractivity contribution < 1.29 is 32.3 Å².